The molecule has 0 aromatic heterocycles. The molecule has 1 unspecified atom stereocenters. The standard InChI is InChI=1S/C14H9F5OS/c15-11-6-3-9(7-12(11)16)13(20)8-1-4-10(5-2-8)21-14(17,18)19/h1-7,13,20H. The molecule has 0 bridgehead atoms. The number of rotatable bonds is 3. The predicted octanol–water partition coefficient (Wildman–Crippen LogP) is 4.66. The summed E-state index contributed by atoms with van der Waals surface area (Å²) in [5.41, 5.74) is -3.99. The number of aliphatic hydroxyl groups is 1. The normalized spacial score (nSPS) is 13.2. The van der Waals surface area contributed by atoms with E-state index in [1.165, 1.54) is 30.3 Å². The molecule has 0 radical (unpaired) electrons. The van der Waals surface area contributed by atoms with Crippen molar-refractivity contribution in [2.24, 2.45) is 0 Å². The Morgan fingerprint density at radius 2 is 1.43 bits per heavy atom. The van der Waals surface area contributed by atoms with Gasteiger partial charge in [-0.2, -0.15) is 13.2 Å². The van der Waals surface area contributed by atoms with E-state index in [0.717, 1.165) is 12.1 Å². The van der Waals surface area contributed by atoms with Gasteiger partial charge in [-0.05, 0) is 47.2 Å². The van der Waals surface area contributed by atoms with Crippen molar-refractivity contribution in [1.29, 1.82) is 0 Å². The van der Waals surface area contributed by atoms with Gasteiger partial charge in [0.1, 0.15) is 6.10 Å². The van der Waals surface area contributed by atoms with Gasteiger partial charge in [0, 0.05) is 4.90 Å². The number of alkyl halides is 3. The largest absolute Gasteiger partial charge is 0.446 e. The fourth-order valence-corrected chi connectivity index (χ4v) is 2.27. The quantitative estimate of drug-likeness (QED) is 0.656. The van der Waals surface area contributed by atoms with E-state index in [4.69, 9.17) is 0 Å². The molecule has 0 saturated heterocycles. The first-order valence-corrected chi connectivity index (χ1v) is 6.56. The molecule has 2 aromatic carbocycles. The summed E-state index contributed by atoms with van der Waals surface area (Å²) in [6.07, 6.45) is -1.25. The van der Waals surface area contributed by atoms with Crippen LogP contribution in [0, 0.1) is 11.6 Å². The first kappa shape index (κ1) is 15.8. The molecule has 0 aliphatic heterocycles. The van der Waals surface area contributed by atoms with E-state index in [1.54, 1.807) is 0 Å². The summed E-state index contributed by atoms with van der Waals surface area (Å²) >= 11 is -0.270. The minimum absolute atomic E-state index is 0.0243. The molecule has 0 amide bonds. The van der Waals surface area contributed by atoms with E-state index in [1.807, 2.05) is 0 Å². The average molecular weight is 320 g/mol. The van der Waals surface area contributed by atoms with Gasteiger partial charge in [0.25, 0.3) is 0 Å². The van der Waals surface area contributed by atoms with Gasteiger partial charge >= 0.3 is 5.51 Å². The van der Waals surface area contributed by atoms with Crippen molar-refractivity contribution in [3.05, 3.63) is 65.2 Å². The monoisotopic (exact) mass is 320 g/mol. The second kappa shape index (κ2) is 6.03. The van der Waals surface area contributed by atoms with Crippen molar-refractivity contribution in [2.75, 3.05) is 0 Å². The van der Waals surface area contributed by atoms with Crippen LogP contribution in [0.4, 0.5) is 22.0 Å². The average Bonchev–Trinajstić information content (AvgIpc) is 2.40. The summed E-state index contributed by atoms with van der Waals surface area (Å²) in [7, 11) is 0. The Labute approximate surface area is 121 Å². The molecule has 0 aliphatic carbocycles. The zero-order chi connectivity index (χ0) is 15.6. The van der Waals surface area contributed by atoms with Crippen molar-refractivity contribution < 1.29 is 27.1 Å². The zero-order valence-corrected chi connectivity index (χ0v) is 11.2. The molecule has 2 aromatic rings. The first-order chi connectivity index (χ1) is 9.76. The van der Waals surface area contributed by atoms with Crippen LogP contribution in [0.3, 0.4) is 0 Å². The second-order valence-electron chi connectivity index (χ2n) is 4.19. The van der Waals surface area contributed by atoms with E-state index >= 15 is 0 Å². The van der Waals surface area contributed by atoms with Crippen molar-refractivity contribution >= 4 is 11.8 Å². The maximum absolute atomic E-state index is 13.1. The molecule has 2 rings (SSSR count). The third kappa shape index (κ3) is 4.18. The third-order valence-corrected chi connectivity index (χ3v) is 3.43. The number of hydrogen-bond acceptors (Lipinski definition) is 2. The third-order valence-electron chi connectivity index (χ3n) is 2.69. The molecule has 0 spiro atoms. The lowest BCUT2D eigenvalue weighted by Gasteiger charge is -2.13. The number of thioether (sulfide) groups is 1. The van der Waals surface area contributed by atoms with E-state index < -0.39 is 23.2 Å². The van der Waals surface area contributed by atoms with Gasteiger partial charge in [-0.1, -0.05) is 18.2 Å². The summed E-state index contributed by atoms with van der Waals surface area (Å²) in [6, 6.07) is 7.95. The smallest absolute Gasteiger partial charge is 0.384 e. The molecule has 112 valence electrons. The Hall–Kier alpha value is -1.60. The molecular weight excluding hydrogens is 311 g/mol. The van der Waals surface area contributed by atoms with Crippen LogP contribution >= 0.6 is 11.8 Å². The lowest BCUT2D eigenvalue weighted by molar-refractivity contribution is -0.0328. The van der Waals surface area contributed by atoms with Gasteiger partial charge in [-0.15, -0.1) is 0 Å². The SMILES string of the molecule is OC(c1ccc(SC(F)(F)F)cc1)c1ccc(F)c(F)c1. The predicted molar refractivity (Wildman–Crippen MR) is 68.8 cm³/mol. The Balaban J connectivity index is 2.19. The van der Waals surface area contributed by atoms with Crippen LogP contribution in [0.5, 0.6) is 0 Å². The molecule has 1 nitrogen and oxygen atoms in total. The van der Waals surface area contributed by atoms with Crippen LogP contribution in [0.2, 0.25) is 0 Å². The van der Waals surface area contributed by atoms with Crippen LogP contribution in [0.15, 0.2) is 47.4 Å². The summed E-state index contributed by atoms with van der Waals surface area (Å²) < 4.78 is 62.5. The molecule has 7 heteroatoms. The van der Waals surface area contributed by atoms with Crippen molar-refractivity contribution in [2.45, 2.75) is 16.5 Å². The Bertz CT molecular complexity index is 624. The molecule has 0 fully saturated rings. The van der Waals surface area contributed by atoms with Crippen LogP contribution in [-0.2, 0) is 0 Å². The summed E-state index contributed by atoms with van der Waals surface area (Å²) in [5, 5.41) is 10.0. The number of benzene rings is 2. The van der Waals surface area contributed by atoms with Crippen LogP contribution in [0.1, 0.15) is 17.2 Å². The minimum Gasteiger partial charge on any atom is -0.384 e. The molecule has 0 heterocycles. The minimum atomic E-state index is -4.39. The Morgan fingerprint density at radius 3 is 1.95 bits per heavy atom. The van der Waals surface area contributed by atoms with E-state index in [2.05, 4.69) is 0 Å². The highest BCUT2D eigenvalue weighted by atomic mass is 32.2. The van der Waals surface area contributed by atoms with Crippen molar-refractivity contribution in [1.82, 2.24) is 0 Å². The molecule has 0 aliphatic rings. The highest BCUT2D eigenvalue weighted by molar-refractivity contribution is 8.00. The number of hydrogen-bond donors (Lipinski definition) is 1. The van der Waals surface area contributed by atoms with E-state index in [9.17, 15) is 27.1 Å². The van der Waals surface area contributed by atoms with Crippen molar-refractivity contribution in [3.8, 4) is 0 Å². The number of aliphatic hydroxyl groups excluding tert-OH is 1. The van der Waals surface area contributed by atoms with E-state index in [-0.39, 0.29) is 27.8 Å². The highest BCUT2D eigenvalue weighted by Gasteiger charge is 2.29. The zero-order valence-electron chi connectivity index (χ0n) is 10.4. The van der Waals surface area contributed by atoms with Gasteiger partial charge in [0.05, 0.1) is 0 Å². The van der Waals surface area contributed by atoms with Gasteiger partial charge in [-0.3, -0.25) is 0 Å². The summed E-state index contributed by atoms with van der Waals surface area (Å²) in [4.78, 5) is -0.0243. The molecule has 1 N–H and O–H groups in total. The van der Waals surface area contributed by atoms with Gasteiger partial charge in [-0.25, -0.2) is 8.78 Å². The second-order valence-corrected chi connectivity index (χ2v) is 5.33. The fourth-order valence-electron chi connectivity index (χ4n) is 1.73. The first-order valence-electron chi connectivity index (χ1n) is 5.75. The Kier molecular flexibility index (Phi) is 4.53. The van der Waals surface area contributed by atoms with Crippen LogP contribution in [0.25, 0.3) is 0 Å². The van der Waals surface area contributed by atoms with Crippen LogP contribution in [-0.4, -0.2) is 10.6 Å². The van der Waals surface area contributed by atoms with Crippen molar-refractivity contribution in [3.63, 3.8) is 0 Å². The van der Waals surface area contributed by atoms with Gasteiger partial charge in [0.2, 0.25) is 0 Å². The maximum atomic E-state index is 13.1. The van der Waals surface area contributed by atoms with E-state index in [0.29, 0.717) is 0 Å². The maximum Gasteiger partial charge on any atom is 0.446 e. The molecule has 1 atom stereocenters. The topological polar surface area (TPSA) is 20.2 Å². The molecular formula is C14H9F5OS. The van der Waals surface area contributed by atoms with Gasteiger partial charge in [0.15, 0.2) is 11.6 Å². The molecule has 21 heavy (non-hydrogen) atoms. The summed E-state index contributed by atoms with van der Waals surface area (Å²) in [5.74, 6) is -2.14. The molecule has 0 saturated carbocycles. The summed E-state index contributed by atoms with van der Waals surface area (Å²) in [6.45, 7) is 0. The number of halogens is 5. The highest BCUT2D eigenvalue weighted by Crippen LogP contribution is 2.37. The van der Waals surface area contributed by atoms with Gasteiger partial charge < -0.3 is 5.11 Å². The Morgan fingerprint density at radius 1 is 0.857 bits per heavy atom. The van der Waals surface area contributed by atoms with Crippen LogP contribution < -0.4 is 0 Å². The lowest BCUT2D eigenvalue weighted by Crippen LogP contribution is -2.02. The fraction of sp³-hybridized carbons (Fsp3) is 0.143. The lowest BCUT2D eigenvalue weighted by atomic mass is 10.0.